The lowest BCUT2D eigenvalue weighted by Crippen LogP contribution is -2.26. The number of pyridine rings is 1. The quantitative estimate of drug-likeness (QED) is 0.597. The molecule has 7 heteroatoms. The Hall–Kier alpha value is -2.25. The van der Waals surface area contributed by atoms with Gasteiger partial charge in [0.1, 0.15) is 11.5 Å². The summed E-state index contributed by atoms with van der Waals surface area (Å²) in [5.41, 5.74) is 3.25. The standard InChI is InChI=1S/C18H18FN5S/c1-11-7-23-8-13(14(19)6-17(23)21-11)16-10-24-9-15(22-18(24)25-16)12-2-4-20-5-3-12/h6-10,12,20H,2-5H2,1H3. The van der Waals surface area contributed by atoms with Gasteiger partial charge in [-0.15, -0.1) is 0 Å². The highest BCUT2D eigenvalue weighted by Crippen LogP contribution is 2.33. The summed E-state index contributed by atoms with van der Waals surface area (Å²) in [5, 5.41) is 3.38. The van der Waals surface area contributed by atoms with E-state index in [0.717, 1.165) is 47.2 Å². The van der Waals surface area contributed by atoms with Gasteiger partial charge in [-0.3, -0.25) is 4.40 Å². The van der Waals surface area contributed by atoms with Crippen molar-refractivity contribution in [1.82, 2.24) is 24.1 Å². The van der Waals surface area contributed by atoms with Gasteiger partial charge >= 0.3 is 0 Å². The SMILES string of the molecule is Cc1cn2cc(-c3cn4cc(C5CCNCC5)nc4s3)c(F)cc2n1. The minimum absolute atomic E-state index is 0.249. The third-order valence-corrected chi connectivity index (χ3v) is 5.89. The number of thiazole rings is 1. The Morgan fingerprint density at radius 2 is 1.96 bits per heavy atom. The maximum atomic E-state index is 14.5. The molecule has 128 valence electrons. The van der Waals surface area contributed by atoms with Gasteiger partial charge in [0.15, 0.2) is 4.96 Å². The molecule has 0 bridgehead atoms. The van der Waals surface area contributed by atoms with Gasteiger partial charge in [0.05, 0.1) is 16.3 Å². The molecule has 0 amide bonds. The Kier molecular flexibility index (Phi) is 3.39. The number of piperidine rings is 1. The summed E-state index contributed by atoms with van der Waals surface area (Å²) < 4.78 is 18.4. The van der Waals surface area contributed by atoms with Gasteiger partial charge in [-0.2, -0.15) is 0 Å². The number of halogens is 1. The first-order valence-corrected chi connectivity index (χ1v) is 9.33. The van der Waals surface area contributed by atoms with E-state index in [1.165, 1.54) is 17.4 Å². The van der Waals surface area contributed by atoms with Crippen molar-refractivity contribution in [1.29, 1.82) is 0 Å². The number of nitrogens with one attached hydrogen (secondary N) is 1. The lowest BCUT2D eigenvalue weighted by molar-refractivity contribution is 0.454. The van der Waals surface area contributed by atoms with Crippen LogP contribution in [0, 0.1) is 12.7 Å². The molecule has 1 aliphatic rings. The summed E-state index contributed by atoms with van der Waals surface area (Å²) in [6.07, 6.45) is 10.1. The fourth-order valence-corrected chi connectivity index (χ4v) is 4.56. The van der Waals surface area contributed by atoms with Crippen molar-refractivity contribution in [3.63, 3.8) is 0 Å². The van der Waals surface area contributed by atoms with Crippen LogP contribution >= 0.6 is 11.3 Å². The topological polar surface area (TPSA) is 46.6 Å². The van der Waals surface area contributed by atoms with Crippen LogP contribution in [-0.2, 0) is 0 Å². The Labute approximate surface area is 148 Å². The zero-order valence-electron chi connectivity index (χ0n) is 13.9. The number of imidazole rings is 2. The van der Waals surface area contributed by atoms with E-state index in [4.69, 9.17) is 4.98 Å². The molecule has 0 aliphatic carbocycles. The molecule has 5 nitrogen and oxygen atoms in total. The van der Waals surface area contributed by atoms with E-state index in [-0.39, 0.29) is 5.82 Å². The molecule has 1 fully saturated rings. The van der Waals surface area contributed by atoms with Crippen LogP contribution in [-0.4, -0.2) is 31.9 Å². The first kappa shape index (κ1) is 15.0. The summed E-state index contributed by atoms with van der Waals surface area (Å²) in [4.78, 5) is 10.9. The van der Waals surface area contributed by atoms with Crippen molar-refractivity contribution in [2.45, 2.75) is 25.7 Å². The normalized spacial score (nSPS) is 16.2. The van der Waals surface area contributed by atoms with Crippen LogP contribution in [0.25, 0.3) is 21.0 Å². The van der Waals surface area contributed by atoms with Gasteiger partial charge in [-0.25, -0.2) is 14.4 Å². The van der Waals surface area contributed by atoms with E-state index in [0.29, 0.717) is 17.1 Å². The second kappa shape index (κ2) is 5.64. The van der Waals surface area contributed by atoms with E-state index in [1.807, 2.05) is 34.3 Å². The minimum atomic E-state index is -0.249. The molecule has 1 saturated heterocycles. The molecule has 5 rings (SSSR count). The van der Waals surface area contributed by atoms with E-state index in [1.54, 1.807) is 0 Å². The molecular formula is C18H18FN5S. The van der Waals surface area contributed by atoms with Crippen LogP contribution in [0.5, 0.6) is 0 Å². The number of hydrogen-bond acceptors (Lipinski definition) is 4. The zero-order chi connectivity index (χ0) is 17.0. The van der Waals surface area contributed by atoms with E-state index >= 15 is 0 Å². The summed E-state index contributed by atoms with van der Waals surface area (Å²) in [6, 6.07) is 1.49. The first-order chi connectivity index (χ1) is 12.2. The van der Waals surface area contributed by atoms with Crippen molar-refractivity contribution in [3.8, 4) is 10.4 Å². The Morgan fingerprint density at radius 3 is 2.76 bits per heavy atom. The third-order valence-electron chi connectivity index (χ3n) is 4.86. The predicted molar refractivity (Wildman–Crippen MR) is 96.8 cm³/mol. The van der Waals surface area contributed by atoms with Crippen molar-refractivity contribution >= 4 is 21.9 Å². The fraction of sp³-hybridized carbons (Fsp3) is 0.333. The molecule has 1 aliphatic heterocycles. The van der Waals surface area contributed by atoms with Crippen LogP contribution in [0.1, 0.15) is 30.1 Å². The largest absolute Gasteiger partial charge is 0.317 e. The van der Waals surface area contributed by atoms with Gasteiger partial charge in [0.2, 0.25) is 0 Å². The summed E-state index contributed by atoms with van der Waals surface area (Å²) in [7, 11) is 0. The monoisotopic (exact) mass is 355 g/mol. The summed E-state index contributed by atoms with van der Waals surface area (Å²) in [6.45, 7) is 4.01. The molecule has 0 aromatic carbocycles. The van der Waals surface area contributed by atoms with Crippen LogP contribution in [0.3, 0.4) is 0 Å². The summed E-state index contributed by atoms with van der Waals surface area (Å²) in [5.74, 6) is 0.278. The van der Waals surface area contributed by atoms with Gasteiger partial charge in [-0.05, 0) is 32.9 Å². The van der Waals surface area contributed by atoms with Crippen molar-refractivity contribution in [3.05, 3.63) is 48.1 Å². The molecule has 5 heterocycles. The maximum Gasteiger partial charge on any atom is 0.194 e. The average Bonchev–Trinajstić information content (AvgIpc) is 3.26. The van der Waals surface area contributed by atoms with E-state index in [2.05, 4.69) is 16.5 Å². The molecule has 4 aromatic heterocycles. The van der Waals surface area contributed by atoms with Gasteiger partial charge < -0.3 is 9.72 Å². The predicted octanol–water partition coefficient (Wildman–Crippen LogP) is 3.63. The van der Waals surface area contributed by atoms with E-state index < -0.39 is 0 Å². The van der Waals surface area contributed by atoms with Crippen LogP contribution in [0.15, 0.2) is 30.9 Å². The van der Waals surface area contributed by atoms with E-state index in [9.17, 15) is 4.39 Å². The number of hydrogen-bond donors (Lipinski definition) is 1. The smallest absolute Gasteiger partial charge is 0.194 e. The lowest BCUT2D eigenvalue weighted by atomic mass is 9.95. The highest BCUT2D eigenvalue weighted by atomic mass is 32.1. The molecular weight excluding hydrogens is 337 g/mol. The van der Waals surface area contributed by atoms with Crippen molar-refractivity contribution < 1.29 is 4.39 Å². The highest BCUT2D eigenvalue weighted by Gasteiger charge is 2.20. The molecule has 1 N–H and O–H groups in total. The average molecular weight is 355 g/mol. The molecule has 0 unspecified atom stereocenters. The Balaban J connectivity index is 1.54. The van der Waals surface area contributed by atoms with Gasteiger partial charge in [0, 0.05) is 42.3 Å². The summed E-state index contributed by atoms with van der Waals surface area (Å²) >= 11 is 1.53. The zero-order valence-corrected chi connectivity index (χ0v) is 14.7. The molecule has 25 heavy (non-hydrogen) atoms. The van der Waals surface area contributed by atoms with Crippen molar-refractivity contribution in [2.24, 2.45) is 0 Å². The van der Waals surface area contributed by atoms with Crippen LogP contribution < -0.4 is 5.32 Å². The second-order valence-electron chi connectivity index (χ2n) is 6.66. The maximum absolute atomic E-state index is 14.5. The fourth-order valence-electron chi connectivity index (χ4n) is 3.57. The lowest BCUT2D eigenvalue weighted by Gasteiger charge is -2.20. The Bertz CT molecular complexity index is 1040. The molecule has 0 saturated carbocycles. The highest BCUT2D eigenvalue weighted by molar-refractivity contribution is 7.20. The third kappa shape index (κ3) is 2.54. The number of fused-ring (bicyclic) bond motifs is 2. The van der Waals surface area contributed by atoms with Gasteiger partial charge in [0.25, 0.3) is 0 Å². The van der Waals surface area contributed by atoms with Crippen molar-refractivity contribution in [2.75, 3.05) is 13.1 Å². The molecule has 0 radical (unpaired) electrons. The molecule has 0 atom stereocenters. The molecule has 0 spiro atoms. The number of rotatable bonds is 2. The molecule has 4 aromatic rings. The number of nitrogens with zero attached hydrogens (tertiary/aromatic N) is 4. The first-order valence-electron chi connectivity index (χ1n) is 8.52. The van der Waals surface area contributed by atoms with Gasteiger partial charge in [-0.1, -0.05) is 11.3 Å². The second-order valence-corrected chi connectivity index (χ2v) is 7.67. The van der Waals surface area contributed by atoms with Crippen LogP contribution in [0.4, 0.5) is 4.39 Å². The number of aryl methyl sites for hydroxylation is 1. The van der Waals surface area contributed by atoms with Crippen LogP contribution in [0.2, 0.25) is 0 Å². The Morgan fingerprint density at radius 1 is 1.12 bits per heavy atom. The minimum Gasteiger partial charge on any atom is -0.317 e. The number of aromatic nitrogens is 4.